The number of nitrogens with zero attached hydrogens (tertiary/aromatic N) is 3. The van der Waals surface area contributed by atoms with Crippen LogP contribution in [-0.4, -0.2) is 26.7 Å². The van der Waals surface area contributed by atoms with E-state index >= 15 is 0 Å². The Kier molecular flexibility index (Phi) is 5.29. The predicted octanol–water partition coefficient (Wildman–Crippen LogP) is 4.07. The van der Waals surface area contributed by atoms with Crippen LogP contribution >= 0.6 is 0 Å². The summed E-state index contributed by atoms with van der Waals surface area (Å²) in [7, 11) is 0. The van der Waals surface area contributed by atoms with E-state index in [9.17, 15) is 9.59 Å². The first-order chi connectivity index (χ1) is 14.8. The summed E-state index contributed by atoms with van der Waals surface area (Å²) < 4.78 is 12.6. The van der Waals surface area contributed by atoms with Crippen LogP contribution in [0.4, 0.5) is 4.79 Å². The zero-order chi connectivity index (χ0) is 22.0. The van der Waals surface area contributed by atoms with E-state index in [1.807, 2.05) is 36.4 Å². The molecule has 1 N–H and O–H groups in total. The Bertz CT molecular complexity index is 1290. The van der Waals surface area contributed by atoms with Gasteiger partial charge < -0.3 is 14.5 Å². The third-order valence-electron chi connectivity index (χ3n) is 4.39. The van der Waals surface area contributed by atoms with Gasteiger partial charge in [0.2, 0.25) is 0 Å². The van der Waals surface area contributed by atoms with Gasteiger partial charge in [-0.15, -0.1) is 5.10 Å². The third kappa shape index (κ3) is 4.80. The lowest BCUT2D eigenvalue weighted by Crippen LogP contribution is -2.32. The molecule has 4 aromatic rings. The molecule has 0 aliphatic carbocycles. The lowest BCUT2D eigenvalue weighted by atomic mass is 10.1. The monoisotopic (exact) mass is 418 g/mol. The molecule has 0 spiro atoms. The quantitative estimate of drug-likeness (QED) is 0.536. The van der Waals surface area contributed by atoms with Crippen LogP contribution in [0.25, 0.3) is 27.9 Å². The summed E-state index contributed by atoms with van der Waals surface area (Å²) in [4.78, 5) is 24.5. The van der Waals surface area contributed by atoms with Gasteiger partial charge in [0, 0.05) is 11.6 Å². The Labute approximate surface area is 178 Å². The zero-order valence-electron chi connectivity index (χ0n) is 17.5. The van der Waals surface area contributed by atoms with Crippen molar-refractivity contribution >= 4 is 17.1 Å². The molecule has 4 rings (SSSR count). The fraction of sp³-hybridized carbons (Fsp3) is 0.217. The number of ether oxygens (including phenoxy) is 1. The zero-order valence-corrected chi connectivity index (χ0v) is 17.5. The van der Waals surface area contributed by atoms with Crippen LogP contribution in [0, 0.1) is 0 Å². The van der Waals surface area contributed by atoms with Gasteiger partial charge in [-0.1, -0.05) is 23.4 Å². The largest absolute Gasteiger partial charge is 0.459 e. The van der Waals surface area contributed by atoms with Gasteiger partial charge in [0.1, 0.15) is 22.6 Å². The van der Waals surface area contributed by atoms with Gasteiger partial charge in [-0.3, -0.25) is 4.79 Å². The number of hydrogen-bond donors (Lipinski definition) is 1. The van der Waals surface area contributed by atoms with E-state index < -0.39 is 11.7 Å². The summed E-state index contributed by atoms with van der Waals surface area (Å²) in [5, 5.41) is 11.4. The fourth-order valence-electron chi connectivity index (χ4n) is 3.03. The number of alkyl carbamates (subject to hydrolysis) is 1. The number of carbonyl (C=O) groups is 1. The predicted molar refractivity (Wildman–Crippen MR) is 116 cm³/mol. The molecule has 8 nitrogen and oxygen atoms in total. The highest BCUT2D eigenvalue weighted by Gasteiger charge is 2.16. The highest BCUT2D eigenvalue weighted by molar-refractivity contribution is 5.82. The molecule has 0 aliphatic heterocycles. The molecule has 1 amide bonds. The van der Waals surface area contributed by atoms with Crippen molar-refractivity contribution in [2.75, 3.05) is 0 Å². The van der Waals surface area contributed by atoms with Crippen molar-refractivity contribution in [2.24, 2.45) is 0 Å². The van der Waals surface area contributed by atoms with E-state index in [1.54, 1.807) is 43.8 Å². The average Bonchev–Trinajstić information content (AvgIpc) is 3.22. The second kappa shape index (κ2) is 8.06. The van der Waals surface area contributed by atoms with Crippen LogP contribution in [0.3, 0.4) is 0 Å². The second-order valence-electron chi connectivity index (χ2n) is 8.03. The Morgan fingerprint density at radius 2 is 1.90 bits per heavy atom. The van der Waals surface area contributed by atoms with E-state index in [0.717, 1.165) is 11.3 Å². The highest BCUT2D eigenvalue weighted by atomic mass is 16.6. The summed E-state index contributed by atoms with van der Waals surface area (Å²) >= 11 is 0. The van der Waals surface area contributed by atoms with E-state index in [0.29, 0.717) is 22.4 Å². The maximum absolute atomic E-state index is 12.6. The molecule has 0 saturated heterocycles. The van der Waals surface area contributed by atoms with Crippen LogP contribution in [0.1, 0.15) is 26.5 Å². The van der Waals surface area contributed by atoms with Crippen molar-refractivity contribution in [3.05, 3.63) is 76.8 Å². The number of para-hydroxylation sites is 1. The molecule has 0 saturated carbocycles. The molecular formula is C23H22N4O4. The molecule has 0 atom stereocenters. The lowest BCUT2D eigenvalue weighted by molar-refractivity contribution is 0.0520. The molecule has 2 aromatic heterocycles. The molecule has 31 heavy (non-hydrogen) atoms. The van der Waals surface area contributed by atoms with Crippen LogP contribution < -0.4 is 10.7 Å². The van der Waals surface area contributed by atoms with Gasteiger partial charge in [-0.25, -0.2) is 9.48 Å². The highest BCUT2D eigenvalue weighted by Crippen LogP contribution is 2.22. The van der Waals surface area contributed by atoms with Crippen molar-refractivity contribution in [2.45, 2.75) is 32.9 Å². The molecule has 0 unspecified atom stereocenters. The first kappa shape index (κ1) is 20.3. The van der Waals surface area contributed by atoms with Gasteiger partial charge in [-0.05, 0) is 51.1 Å². The average molecular weight is 418 g/mol. The smallest absolute Gasteiger partial charge is 0.408 e. The first-order valence-electron chi connectivity index (χ1n) is 9.80. The summed E-state index contributed by atoms with van der Waals surface area (Å²) in [6.45, 7) is 5.38. The number of carbonyl (C=O) groups excluding carboxylic acids is 1. The number of rotatable bonds is 4. The fourth-order valence-corrected chi connectivity index (χ4v) is 3.03. The number of nitrogens with one attached hydrogen (secondary N) is 1. The molecule has 0 radical (unpaired) electrons. The van der Waals surface area contributed by atoms with Crippen molar-refractivity contribution in [1.82, 2.24) is 20.3 Å². The standard InChI is InChI=1S/C23H22N4O4/c1-23(2,3)31-22(29)24-13-17-12-20(28)18-11-15(9-10-21(18)30-17)19-14-27(26-25-19)16-7-5-4-6-8-16/h4-12,14H,13H2,1-3H3,(H,24,29). The van der Waals surface area contributed by atoms with E-state index in [-0.39, 0.29) is 12.0 Å². The molecule has 2 heterocycles. The molecular weight excluding hydrogens is 396 g/mol. The topological polar surface area (TPSA) is 99.2 Å². The van der Waals surface area contributed by atoms with Gasteiger partial charge in [0.15, 0.2) is 5.43 Å². The van der Waals surface area contributed by atoms with Crippen LogP contribution in [0.15, 0.2) is 70.0 Å². The molecule has 2 aromatic carbocycles. The minimum Gasteiger partial charge on any atom is -0.459 e. The first-order valence-corrected chi connectivity index (χ1v) is 9.80. The minimum absolute atomic E-state index is 0.0489. The Morgan fingerprint density at radius 3 is 2.65 bits per heavy atom. The third-order valence-corrected chi connectivity index (χ3v) is 4.39. The molecule has 0 fully saturated rings. The van der Waals surface area contributed by atoms with Gasteiger partial charge >= 0.3 is 6.09 Å². The van der Waals surface area contributed by atoms with Crippen LogP contribution in [0.5, 0.6) is 0 Å². The molecule has 0 bridgehead atoms. The number of aromatic nitrogens is 3. The molecule has 0 aliphatic rings. The maximum Gasteiger partial charge on any atom is 0.408 e. The van der Waals surface area contributed by atoms with Crippen molar-refractivity contribution in [1.29, 1.82) is 0 Å². The Morgan fingerprint density at radius 1 is 1.13 bits per heavy atom. The SMILES string of the molecule is CC(C)(C)OC(=O)NCc1cc(=O)c2cc(-c3cn(-c4ccccc4)nn3)ccc2o1. The summed E-state index contributed by atoms with van der Waals surface area (Å²) in [5.41, 5.74) is 1.89. The van der Waals surface area contributed by atoms with Gasteiger partial charge in [0.05, 0.1) is 23.8 Å². The van der Waals surface area contributed by atoms with Crippen molar-refractivity contribution in [3.8, 4) is 16.9 Å². The summed E-state index contributed by atoms with van der Waals surface area (Å²) in [6, 6.07) is 16.3. The van der Waals surface area contributed by atoms with E-state index in [2.05, 4.69) is 15.6 Å². The normalized spacial score (nSPS) is 11.5. The number of benzene rings is 2. The van der Waals surface area contributed by atoms with Gasteiger partial charge in [0.25, 0.3) is 0 Å². The summed E-state index contributed by atoms with van der Waals surface area (Å²) in [5.74, 6) is 0.339. The van der Waals surface area contributed by atoms with Crippen LogP contribution in [-0.2, 0) is 11.3 Å². The summed E-state index contributed by atoms with van der Waals surface area (Å²) in [6.07, 6.45) is 1.23. The minimum atomic E-state index is -0.604. The molecule has 158 valence electrons. The van der Waals surface area contributed by atoms with E-state index in [1.165, 1.54) is 6.07 Å². The number of amides is 1. The number of fused-ring (bicyclic) bond motifs is 1. The second-order valence-corrected chi connectivity index (χ2v) is 8.03. The van der Waals surface area contributed by atoms with Crippen molar-refractivity contribution in [3.63, 3.8) is 0 Å². The van der Waals surface area contributed by atoms with E-state index in [4.69, 9.17) is 9.15 Å². The Hall–Kier alpha value is -3.94. The Balaban J connectivity index is 1.56. The molecule has 8 heteroatoms. The van der Waals surface area contributed by atoms with Crippen LogP contribution in [0.2, 0.25) is 0 Å². The van der Waals surface area contributed by atoms with Crippen molar-refractivity contribution < 1.29 is 13.9 Å². The maximum atomic E-state index is 12.6. The van der Waals surface area contributed by atoms with Gasteiger partial charge in [-0.2, -0.15) is 0 Å². The number of hydrogen-bond acceptors (Lipinski definition) is 6. The lowest BCUT2D eigenvalue weighted by Gasteiger charge is -2.19.